The molecule has 2 aromatic rings. The first kappa shape index (κ1) is 23.6. The Bertz CT molecular complexity index is 943. The van der Waals surface area contributed by atoms with E-state index in [0.29, 0.717) is 37.6 Å². The van der Waals surface area contributed by atoms with Gasteiger partial charge in [-0.05, 0) is 61.5 Å². The maximum atomic E-state index is 12.9. The van der Waals surface area contributed by atoms with Gasteiger partial charge in [0.1, 0.15) is 0 Å². The molecule has 4 rings (SSSR count). The number of carbonyl (C=O) groups excluding carboxylic acids is 2. The Balaban J connectivity index is 1.29. The number of amides is 2. The van der Waals surface area contributed by atoms with E-state index in [1.165, 1.54) is 17.7 Å². The summed E-state index contributed by atoms with van der Waals surface area (Å²) in [6.07, 6.45) is 3.41. The topological polar surface area (TPSA) is 71.1 Å². The largest absolute Gasteiger partial charge is 0.493 e. The summed E-state index contributed by atoms with van der Waals surface area (Å²) in [5.74, 6) is 1.11. The van der Waals surface area contributed by atoms with E-state index in [1.807, 2.05) is 18.2 Å². The smallest absolute Gasteiger partial charge is 0.225 e. The molecule has 2 fully saturated rings. The zero-order valence-corrected chi connectivity index (χ0v) is 20.2. The number of benzene rings is 1. The molecule has 0 unspecified atom stereocenters. The summed E-state index contributed by atoms with van der Waals surface area (Å²) >= 11 is 1.74. The molecule has 0 radical (unpaired) electrons. The Morgan fingerprint density at radius 3 is 2.67 bits per heavy atom. The monoisotopic (exact) mass is 471 g/mol. The molecule has 2 amide bonds. The summed E-state index contributed by atoms with van der Waals surface area (Å²) in [6.45, 7) is 3.80. The van der Waals surface area contributed by atoms with Crippen LogP contribution in [0.2, 0.25) is 0 Å². The van der Waals surface area contributed by atoms with E-state index in [0.717, 1.165) is 18.7 Å². The van der Waals surface area contributed by atoms with Crippen LogP contribution in [-0.4, -0.2) is 68.6 Å². The SMILES string of the molecule is COc1ccc(CCN2C[C@@H](C(=O)NC[C@@H](c3cccs3)N3CCCC3)CC2=O)cc1OC. The van der Waals surface area contributed by atoms with Crippen LogP contribution in [-0.2, 0) is 16.0 Å². The van der Waals surface area contributed by atoms with Crippen LogP contribution in [0.4, 0.5) is 0 Å². The minimum atomic E-state index is -0.287. The van der Waals surface area contributed by atoms with Crippen LogP contribution in [0.1, 0.15) is 35.7 Å². The van der Waals surface area contributed by atoms with E-state index in [2.05, 4.69) is 27.7 Å². The van der Waals surface area contributed by atoms with Crippen molar-refractivity contribution in [1.29, 1.82) is 0 Å². The van der Waals surface area contributed by atoms with Gasteiger partial charge in [0.2, 0.25) is 11.8 Å². The van der Waals surface area contributed by atoms with E-state index in [9.17, 15) is 9.59 Å². The highest BCUT2D eigenvalue weighted by molar-refractivity contribution is 7.10. The third kappa shape index (κ3) is 5.68. The van der Waals surface area contributed by atoms with E-state index >= 15 is 0 Å². The number of carbonyl (C=O) groups is 2. The van der Waals surface area contributed by atoms with Crippen LogP contribution >= 0.6 is 11.3 Å². The molecular formula is C25H33N3O4S. The molecule has 0 bridgehead atoms. The molecule has 2 atom stereocenters. The minimum Gasteiger partial charge on any atom is -0.493 e. The van der Waals surface area contributed by atoms with Crippen LogP contribution in [0.25, 0.3) is 0 Å². The highest BCUT2D eigenvalue weighted by atomic mass is 32.1. The fourth-order valence-corrected chi connectivity index (χ4v) is 5.61. The second kappa shape index (κ2) is 11.0. The molecule has 7 nitrogen and oxygen atoms in total. The van der Waals surface area contributed by atoms with Crippen molar-refractivity contribution >= 4 is 23.2 Å². The van der Waals surface area contributed by atoms with Gasteiger partial charge < -0.3 is 19.7 Å². The molecule has 8 heteroatoms. The van der Waals surface area contributed by atoms with Gasteiger partial charge in [0.05, 0.1) is 26.2 Å². The van der Waals surface area contributed by atoms with E-state index in [-0.39, 0.29) is 30.2 Å². The summed E-state index contributed by atoms with van der Waals surface area (Å²) in [6, 6.07) is 10.2. The summed E-state index contributed by atoms with van der Waals surface area (Å²) in [7, 11) is 3.22. The van der Waals surface area contributed by atoms with Crippen molar-refractivity contribution < 1.29 is 19.1 Å². The lowest BCUT2D eigenvalue weighted by molar-refractivity contribution is -0.129. The molecule has 0 aliphatic carbocycles. The van der Waals surface area contributed by atoms with Crippen molar-refractivity contribution in [3.05, 3.63) is 46.2 Å². The molecule has 0 saturated carbocycles. The van der Waals surface area contributed by atoms with E-state index in [1.54, 1.807) is 30.5 Å². The molecule has 2 saturated heterocycles. The van der Waals surface area contributed by atoms with Crippen LogP contribution in [0.5, 0.6) is 11.5 Å². The second-order valence-corrected chi connectivity index (χ2v) is 9.68. The number of methoxy groups -OCH3 is 2. The average Bonchev–Trinajstić information content (AvgIpc) is 3.61. The van der Waals surface area contributed by atoms with Crippen molar-refractivity contribution in [2.75, 3.05) is 46.9 Å². The van der Waals surface area contributed by atoms with Crippen molar-refractivity contribution in [3.8, 4) is 11.5 Å². The number of likely N-dealkylation sites (tertiary alicyclic amines) is 2. The lowest BCUT2D eigenvalue weighted by Gasteiger charge is -2.27. The van der Waals surface area contributed by atoms with Gasteiger partial charge in [0.15, 0.2) is 11.5 Å². The first-order valence-electron chi connectivity index (χ1n) is 11.6. The van der Waals surface area contributed by atoms with Crippen molar-refractivity contribution in [2.24, 2.45) is 5.92 Å². The predicted molar refractivity (Wildman–Crippen MR) is 129 cm³/mol. The number of hydrogen-bond acceptors (Lipinski definition) is 6. The van der Waals surface area contributed by atoms with Crippen LogP contribution in [0.3, 0.4) is 0 Å². The number of nitrogens with one attached hydrogen (secondary N) is 1. The molecular weight excluding hydrogens is 438 g/mol. The highest BCUT2D eigenvalue weighted by Gasteiger charge is 2.34. The molecule has 33 heavy (non-hydrogen) atoms. The molecule has 3 heterocycles. The summed E-state index contributed by atoms with van der Waals surface area (Å²) in [5.41, 5.74) is 1.07. The zero-order valence-electron chi connectivity index (χ0n) is 19.4. The molecule has 1 N–H and O–H groups in total. The standard InChI is InChI=1S/C25H33N3O4S/c1-31-21-8-7-18(14-22(21)32-2)9-12-28-17-19(15-24(28)29)25(30)26-16-20(23-6-5-13-33-23)27-10-3-4-11-27/h5-8,13-14,19-20H,3-4,9-12,15-17H2,1-2H3,(H,26,30)/t19-,20-/m0/s1. The van der Waals surface area contributed by atoms with Gasteiger partial charge in [-0.3, -0.25) is 14.5 Å². The van der Waals surface area contributed by atoms with Crippen LogP contribution < -0.4 is 14.8 Å². The Labute approximate surface area is 199 Å². The molecule has 2 aliphatic rings. The van der Waals surface area contributed by atoms with E-state index in [4.69, 9.17) is 9.47 Å². The number of ether oxygens (including phenoxy) is 2. The normalized spacial score (nSPS) is 19.6. The second-order valence-electron chi connectivity index (χ2n) is 8.70. The number of nitrogens with zero attached hydrogens (tertiary/aromatic N) is 2. The Kier molecular flexibility index (Phi) is 7.88. The summed E-state index contributed by atoms with van der Waals surface area (Å²) < 4.78 is 10.7. The number of hydrogen-bond donors (Lipinski definition) is 1. The maximum absolute atomic E-state index is 12.9. The van der Waals surface area contributed by atoms with E-state index < -0.39 is 0 Å². The van der Waals surface area contributed by atoms with Crippen molar-refractivity contribution in [3.63, 3.8) is 0 Å². The van der Waals surface area contributed by atoms with Gasteiger partial charge in [0, 0.05) is 30.9 Å². The van der Waals surface area contributed by atoms with Crippen molar-refractivity contribution in [1.82, 2.24) is 15.1 Å². The number of rotatable bonds is 10. The minimum absolute atomic E-state index is 0.0160. The molecule has 1 aromatic heterocycles. The Morgan fingerprint density at radius 1 is 1.18 bits per heavy atom. The molecule has 0 spiro atoms. The fraction of sp³-hybridized carbons (Fsp3) is 0.520. The van der Waals surface area contributed by atoms with Crippen molar-refractivity contribution in [2.45, 2.75) is 31.7 Å². The van der Waals surface area contributed by atoms with Gasteiger partial charge in [-0.1, -0.05) is 12.1 Å². The molecule has 2 aliphatic heterocycles. The first-order chi connectivity index (χ1) is 16.1. The highest BCUT2D eigenvalue weighted by Crippen LogP contribution is 2.29. The zero-order chi connectivity index (χ0) is 23.2. The average molecular weight is 472 g/mol. The van der Waals surface area contributed by atoms with Gasteiger partial charge in [-0.15, -0.1) is 11.3 Å². The molecule has 1 aromatic carbocycles. The Hall–Kier alpha value is -2.58. The van der Waals surface area contributed by atoms with Crippen LogP contribution in [0, 0.1) is 5.92 Å². The molecule has 178 valence electrons. The third-order valence-corrected chi connectivity index (χ3v) is 7.60. The van der Waals surface area contributed by atoms with Gasteiger partial charge in [0.25, 0.3) is 0 Å². The lowest BCUT2D eigenvalue weighted by Crippen LogP contribution is -2.39. The Morgan fingerprint density at radius 2 is 1.97 bits per heavy atom. The van der Waals surface area contributed by atoms with Gasteiger partial charge in [-0.2, -0.15) is 0 Å². The van der Waals surface area contributed by atoms with Crippen LogP contribution in [0.15, 0.2) is 35.7 Å². The predicted octanol–water partition coefficient (Wildman–Crippen LogP) is 3.11. The van der Waals surface area contributed by atoms with Gasteiger partial charge >= 0.3 is 0 Å². The fourth-order valence-electron chi connectivity index (χ4n) is 4.75. The lowest BCUT2D eigenvalue weighted by atomic mass is 10.1. The number of thiophene rings is 1. The first-order valence-corrected chi connectivity index (χ1v) is 12.5. The van der Waals surface area contributed by atoms with Gasteiger partial charge in [-0.25, -0.2) is 0 Å². The third-order valence-electron chi connectivity index (χ3n) is 6.63. The quantitative estimate of drug-likeness (QED) is 0.577. The maximum Gasteiger partial charge on any atom is 0.225 e. The summed E-state index contributed by atoms with van der Waals surface area (Å²) in [5, 5.41) is 5.24. The summed E-state index contributed by atoms with van der Waals surface area (Å²) in [4.78, 5) is 31.0.